The molecule has 0 fully saturated rings. The second-order valence-corrected chi connectivity index (χ2v) is 4.60. The minimum atomic E-state index is -0.425. The lowest BCUT2D eigenvalue weighted by Gasteiger charge is -2.09. The summed E-state index contributed by atoms with van der Waals surface area (Å²) < 4.78 is 7.16. The Balaban J connectivity index is 2.43. The van der Waals surface area contributed by atoms with E-state index in [1.807, 2.05) is 26.1 Å². The van der Waals surface area contributed by atoms with Gasteiger partial charge < -0.3 is 10.5 Å². The average molecular weight is 286 g/mol. The van der Waals surface area contributed by atoms with E-state index in [0.717, 1.165) is 11.3 Å². The summed E-state index contributed by atoms with van der Waals surface area (Å²) in [5, 5.41) is 0. The molecule has 1 amide bonds. The van der Waals surface area contributed by atoms with Crippen molar-refractivity contribution in [1.82, 2.24) is 14.5 Å². The minimum Gasteiger partial charge on any atom is -0.493 e. The molecule has 6 nitrogen and oxygen atoms in total. The Bertz CT molecular complexity index is 689. The molecule has 0 atom stereocenters. The summed E-state index contributed by atoms with van der Waals surface area (Å²) in [7, 11) is 1.58. The van der Waals surface area contributed by atoms with Gasteiger partial charge in [0.2, 0.25) is 5.91 Å². The number of amides is 1. The number of aryl methyl sites for hydroxylation is 1. The molecular weight excluding hydrogens is 268 g/mol. The first-order chi connectivity index (χ1) is 10.0. The van der Waals surface area contributed by atoms with E-state index >= 15 is 0 Å². The molecule has 0 spiro atoms. The fourth-order valence-electron chi connectivity index (χ4n) is 1.96. The maximum atomic E-state index is 11.3. The van der Waals surface area contributed by atoms with E-state index < -0.39 is 5.91 Å². The molecule has 0 unspecified atom stereocenters. The summed E-state index contributed by atoms with van der Waals surface area (Å²) in [6.07, 6.45) is 7.50. The number of carbonyl (C=O) groups excluding carboxylic acids is 1. The number of rotatable bonds is 5. The van der Waals surface area contributed by atoms with Crippen LogP contribution in [0.5, 0.6) is 5.75 Å². The molecule has 0 aliphatic heterocycles. The molecule has 0 aliphatic carbocycles. The molecule has 0 bridgehead atoms. The number of hydrogen-bond acceptors (Lipinski definition) is 4. The van der Waals surface area contributed by atoms with Gasteiger partial charge in [0, 0.05) is 18.0 Å². The zero-order valence-corrected chi connectivity index (χ0v) is 12.3. The van der Waals surface area contributed by atoms with Gasteiger partial charge in [-0.25, -0.2) is 9.97 Å². The first kappa shape index (κ1) is 14.8. The van der Waals surface area contributed by atoms with Crippen molar-refractivity contribution in [2.45, 2.75) is 20.3 Å². The Morgan fingerprint density at radius 3 is 2.76 bits per heavy atom. The lowest BCUT2D eigenvalue weighted by atomic mass is 10.1. The summed E-state index contributed by atoms with van der Waals surface area (Å²) in [6.45, 7) is 3.78. The molecule has 0 radical (unpaired) electrons. The van der Waals surface area contributed by atoms with Gasteiger partial charge in [-0.05, 0) is 31.1 Å². The minimum absolute atomic E-state index is 0.425. The fourth-order valence-corrected chi connectivity index (χ4v) is 1.96. The predicted molar refractivity (Wildman–Crippen MR) is 80.1 cm³/mol. The monoisotopic (exact) mass is 286 g/mol. The molecule has 0 saturated heterocycles. The highest BCUT2D eigenvalue weighted by Crippen LogP contribution is 2.23. The first-order valence-electron chi connectivity index (χ1n) is 6.60. The Morgan fingerprint density at radius 1 is 1.48 bits per heavy atom. The zero-order valence-electron chi connectivity index (χ0n) is 12.3. The van der Waals surface area contributed by atoms with Crippen molar-refractivity contribution in [3.05, 3.63) is 41.6 Å². The Morgan fingerprint density at radius 2 is 2.24 bits per heavy atom. The number of ether oxygens (including phenoxy) is 1. The van der Waals surface area contributed by atoms with Crippen LogP contribution in [0.2, 0.25) is 0 Å². The van der Waals surface area contributed by atoms with Crippen LogP contribution in [0.4, 0.5) is 0 Å². The van der Waals surface area contributed by atoms with Crippen LogP contribution in [0.15, 0.2) is 30.4 Å². The summed E-state index contributed by atoms with van der Waals surface area (Å²) in [4.78, 5) is 19.8. The van der Waals surface area contributed by atoms with Crippen molar-refractivity contribution in [3.63, 3.8) is 0 Å². The normalized spacial score (nSPS) is 11.5. The number of imidazole rings is 1. The maximum Gasteiger partial charge on any atom is 0.244 e. The van der Waals surface area contributed by atoms with Crippen molar-refractivity contribution < 1.29 is 9.53 Å². The van der Waals surface area contributed by atoms with Crippen molar-refractivity contribution in [1.29, 1.82) is 0 Å². The number of pyridine rings is 1. The van der Waals surface area contributed by atoms with Crippen LogP contribution in [-0.4, -0.2) is 27.6 Å². The average Bonchev–Trinajstić information content (AvgIpc) is 2.90. The lowest BCUT2D eigenvalue weighted by molar-refractivity contribution is -0.114. The van der Waals surface area contributed by atoms with Gasteiger partial charge >= 0.3 is 0 Å². The van der Waals surface area contributed by atoms with E-state index in [4.69, 9.17) is 10.5 Å². The van der Waals surface area contributed by atoms with Crippen LogP contribution in [0.3, 0.4) is 0 Å². The number of methoxy groups -OCH3 is 1. The van der Waals surface area contributed by atoms with Crippen LogP contribution >= 0.6 is 0 Å². The number of nitrogens with zero attached hydrogens (tertiary/aromatic N) is 3. The van der Waals surface area contributed by atoms with Gasteiger partial charge in [-0.2, -0.15) is 0 Å². The molecule has 21 heavy (non-hydrogen) atoms. The van der Waals surface area contributed by atoms with Crippen LogP contribution in [0.1, 0.15) is 24.6 Å². The Kier molecular flexibility index (Phi) is 4.37. The third-order valence-electron chi connectivity index (χ3n) is 3.07. The molecule has 2 aromatic rings. The van der Waals surface area contributed by atoms with E-state index in [9.17, 15) is 4.79 Å². The lowest BCUT2D eigenvalue weighted by Crippen LogP contribution is -2.13. The first-order valence-corrected chi connectivity index (χ1v) is 6.60. The second kappa shape index (κ2) is 6.21. The van der Waals surface area contributed by atoms with Gasteiger partial charge in [0.05, 0.1) is 12.8 Å². The van der Waals surface area contributed by atoms with Crippen molar-refractivity contribution >= 4 is 12.0 Å². The maximum absolute atomic E-state index is 11.3. The topological polar surface area (TPSA) is 83.0 Å². The van der Waals surface area contributed by atoms with Gasteiger partial charge in [0.25, 0.3) is 0 Å². The molecule has 2 aromatic heterocycles. The number of aromatic nitrogens is 3. The van der Waals surface area contributed by atoms with Crippen molar-refractivity contribution in [2.24, 2.45) is 5.73 Å². The summed E-state index contributed by atoms with van der Waals surface area (Å²) in [5.41, 5.74) is 7.52. The second-order valence-electron chi connectivity index (χ2n) is 4.60. The smallest absolute Gasteiger partial charge is 0.244 e. The summed E-state index contributed by atoms with van der Waals surface area (Å²) in [6, 6.07) is 1.82. The van der Waals surface area contributed by atoms with Crippen LogP contribution in [0, 0.1) is 6.92 Å². The SMILES string of the molecule is CC/C(=C\c1cnc(-n2cnc(C)c2)c(OC)c1)C(N)=O. The van der Waals surface area contributed by atoms with Gasteiger partial charge in [-0.3, -0.25) is 9.36 Å². The van der Waals surface area contributed by atoms with Crippen molar-refractivity contribution in [3.8, 4) is 11.6 Å². The van der Waals surface area contributed by atoms with Gasteiger partial charge in [0.1, 0.15) is 6.33 Å². The Labute approximate surface area is 123 Å². The van der Waals surface area contributed by atoms with Gasteiger partial charge in [-0.15, -0.1) is 0 Å². The van der Waals surface area contributed by atoms with Crippen molar-refractivity contribution in [2.75, 3.05) is 7.11 Å². The molecule has 0 aliphatic rings. The molecule has 110 valence electrons. The third kappa shape index (κ3) is 3.28. The molecule has 2 heterocycles. The Hall–Kier alpha value is -2.63. The van der Waals surface area contributed by atoms with Crippen LogP contribution < -0.4 is 10.5 Å². The van der Waals surface area contributed by atoms with Crippen LogP contribution in [0.25, 0.3) is 11.9 Å². The molecule has 6 heteroatoms. The number of carbonyl (C=O) groups is 1. The highest BCUT2D eigenvalue weighted by atomic mass is 16.5. The van der Waals surface area contributed by atoms with Crippen LogP contribution in [-0.2, 0) is 4.79 Å². The molecule has 2 rings (SSSR count). The highest BCUT2D eigenvalue weighted by Gasteiger charge is 2.09. The van der Waals surface area contributed by atoms with E-state index in [1.165, 1.54) is 0 Å². The predicted octanol–water partition coefficient (Wildman–Crippen LogP) is 1.86. The summed E-state index contributed by atoms with van der Waals surface area (Å²) >= 11 is 0. The van der Waals surface area contributed by atoms with E-state index in [1.54, 1.807) is 30.3 Å². The van der Waals surface area contributed by atoms with Gasteiger partial charge in [-0.1, -0.05) is 6.92 Å². The zero-order chi connectivity index (χ0) is 15.4. The number of hydrogen-bond donors (Lipinski definition) is 1. The highest BCUT2D eigenvalue weighted by molar-refractivity contribution is 5.96. The molecule has 0 saturated carbocycles. The largest absolute Gasteiger partial charge is 0.493 e. The third-order valence-corrected chi connectivity index (χ3v) is 3.07. The summed E-state index contributed by atoms with van der Waals surface area (Å²) in [5.74, 6) is 0.819. The van der Waals surface area contributed by atoms with E-state index in [2.05, 4.69) is 9.97 Å². The quantitative estimate of drug-likeness (QED) is 0.850. The fraction of sp³-hybridized carbons (Fsp3) is 0.267. The number of nitrogens with two attached hydrogens (primary N) is 1. The van der Waals surface area contributed by atoms with Gasteiger partial charge in [0.15, 0.2) is 11.6 Å². The molecular formula is C15H18N4O2. The molecule has 2 N–H and O–H groups in total. The van der Waals surface area contributed by atoms with E-state index in [0.29, 0.717) is 23.6 Å². The molecule has 0 aromatic carbocycles. The van der Waals surface area contributed by atoms with E-state index in [-0.39, 0.29) is 0 Å². The standard InChI is InChI=1S/C15H18N4O2/c1-4-12(14(16)20)5-11-6-13(21-3)15(17-7-11)19-8-10(2)18-9-19/h5-9H,4H2,1-3H3,(H2,16,20)/b12-5+. The number of primary amides is 1.